The predicted octanol–water partition coefficient (Wildman–Crippen LogP) is 2.81. The van der Waals surface area contributed by atoms with Crippen molar-refractivity contribution in [3.8, 4) is 0 Å². The molecule has 1 heterocycles. The summed E-state index contributed by atoms with van der Waals surface area (Å²) >= 11 is 0. The van der Waals surface area contributed by atoms with E-state index in [1.807, 2.05) is 23.6 Å². The van der Waals surface area contributed by atoms with Gasteiger partial charge in [-0.15, -0.1) is 0 Å². The summed E-state index contributed by atoms with van der Waals surface area (Å²) in [5, 5.41) is 2.93. The Morgan fingerprint density at radius 3 is 2.16 bits per heavy atom. The van der Waals surface area contributed by atoms with Crippen molar-refractivity contribution in [1.29, 1.82) is 0 Å². The minimum absolute atomic E-state index is 0.0328. The van der Waals surface area contributed by atoms with Gasteiger partial charge in [-0.25, -0.2) is 4.79 Å². The quantitative estimate of drug-likeness (QED) is 0.916. The van der Waals surface area contributed by atoms with Crippen LogP contribution in [0.3, 0.4) is 0 Å². The van der Waals surface area contributed by atoms with Crippen molar-refractivity contribution in [1.82, 2.24) is 15.1 Å². The number of rotatable bonds is 3. The number of amides is 3. The van der Waals surface area contributed by atoms with Crippen molar-refractivity contribution in [3.63, 3.8) is 0 Å². The fourth-order valence-corrected chi connectivity index (χ4v) is 3.46. The molecule has 0 atom stereocenters. The van der Waals surface area contributed by atoms with Crippen LogP contribution >= 0.6 is 0 Å². The maximum absolute atomic E-state index is 12.8. The highest BCUT2D eigenvalue weighted by Crippen LogP contribution is 2.18. The molecule has 1 aromatic carbocycles. The first-order valence-corrected chi connectivity index (χ1v) is 9.18. The second-order valence-corrected chi connectivity index (χ2v) is 7.38. The third kappa shape index (κ3) is 5.21. The van der Waals surface area contributed by atoms with Gasteiger partial charge in [0.05, 0.1) is 6.42 Å². The van der Waals surface area contributed by atoms with E-state index in [4.69, 9.17) is 0 Å². The van der Waals surface area contributed by atoms with E-state index in [0.29, 0.717) is 32.6 Å². The molecule has 5 nitrogen and oxygen atoms in total. The van der Waals surface area contributed by atoms with Crippen LogP contribution in [0.25, 0.3) is 0 Å². The Bertz CT molecular complexity index is 617. The van der Waals surface area contributed by atoms with Gasteiger partial charge in [-0.05, 0) is 57.7 Å². The molecule has 1 aliphatic rings. The predicted molar refractivity (Wildman–Crippen MR) is 101 cm³/mol. The zero-order chi connectivity index (χ0) is 18.6. The summed E-state index contributed by atoms with van der Waals surface area (Å²) in [6.07, 6.45) is 1.26. The van der Waals surface area contributed by atoms with Crippen molar-refractivity contribution in [3.05, 3.63) is 34.4 Å². The summed E-state index contributed by atoms with van der Waals surface area (Å²) in [7, 11) is 0. The first-order chi connectivity index (χ1) is 11.8. The SMILES string of the molecule is Cc1cc(C)c(CC(=O)N2CCCN(C(=O)NC(C)C)CC2)c(C)c1. The molecule has 1 aromatic rings. The van der Waals surface area contributed by atoms with Gasteiger partial charge in [-0.2, -0.15) is 0 Å². The molecule has 0 spiro atoms. The molecule has 0 bridgehead atoms. The van der Waals surface area contributed by atoms with E-state index in [9.17, 15) is 9.59 Å². The summed E-state index contributed by atoms with van der Waals surface area (Å²) in [4.78, 5) is 28.7. The zero-order valence-corrected chi connectivity index (χ0v) is 16.2. The lowest BCUT2D eigenvalue weighted by Gasteiger charge is -2.24. The van der Waals surface area contributed by atoms with Crippen LogP contribution < -0.4 is 5.32 Å². The molecule has 5 heteroatoms. The van der Waals surface area contributed by atoms with Crippen LogP contribution in [0, 0.1) is 20.8 Å². The zero-order valence-electron chi connectivity index (χ0n) is 16.2. The highest BCUT2D eigenvalue weighted by Gasteiger charge is 2.23. The molecule has 1 N–H and O–H groups in total. The molecule has 2 rings (SSSR count). The number of aryl methyl sites for hydroxylation is 3. The number of carbonyl (C=O) groups is 2. The minimum atomic E-state index is -0.0328. The van der Waals surface area contributed by atoms with Gasteiger partial charge in [0.1, 0.15) is 0 Å². The van der Waals surface area contributed by atoms with Gasteiger partial charge in [-0.3, -0.25) is 4.79 Å². The van der Waals surface area contributed by atoms with E-state index in [2.05, 4.69) is 38.2 Å². The number of carbonyl (C=O) groups excluding carboxylic acids is 2. The fraction of sp³-hybridized carbons (Fsp3) is 0.600. The Morgan fingerprint density at radius 2 is 1.56 bits per heavy atom. The number of urea groups is 1. The molecule has 0 aromatic heterocycles. The van der Waals surface area contributed by atoms with Gasteiger partial charge >= 0.3 is 6.03 Å². The Balaban J connectivity index is 1.98. The summed E-state index contributed by atoms with van der Waals surface area (Å²) in [6.45, 7) is 12.8. The second-order valence-electron chi connectivity index (χ2n) is 7.38. The number of benzene rings is 1. The fourth-order valence-electron chi connectivity index (χ4n) is 3.46. The van der Waals surface area contributed by atoms with Crippen molar-refractivity contribution >= 4 is 11.9 Å². The average molecular weight is 345 g/mol. The summed E-state index contributed by atoms with van der Waals surface area (Å²) in [6, 6.07) is 4.36. The highest BCUT2D eigenvalue weighted by molar-refractivity contribution is 5.80. The molecule has 1 fully saturated rings. The third-order valence-electron chi connectivity index (χ3n) is 4.72. The molecular weight excluding hydrogens is 314 g/mol. The Hall–Kier alpha value is -2.04. The van der Waals surface area contributed by atoms with Crippen molar-refractivity contribution in [2.45, 2.75) is 53.5 Å². The van der Waals surface area contributed by atoms with E-state index in [1.54, 1.807) is 0 Å². The summed E-state index contributed by atoms with van der Waals surface area (Å²) in [5.41, 5.74) is 4.72. The second kappa shape index (κ2) is 8.37. The van der Waals surface area contributed by atoms with Crippen molar-refractivity contribution in [2.24, 2.45) is 0 Å². The molecule has 0 saturated carbocycles. The van der Waals surface area contributed by atoms with Crippen molar-refractivity contribution in [2.75, 3.05) is 26.2 Å². The first-order valence-electron chi connectivity index (χ1n) is 9.18. The van der Waals surface area contributed by atoms with Crippen LogP contribution in [0.2, 0.25) is 0 Å². The molecule has 1 aliphatic heterocycles. The van der Waals surface area contributed by atoms with E-state index in [-0.39, 0.29) is 18.0 Å². The Labute approximate surface area is 151 Å². The molecular formula is C20H31N3O2. The number of hydrogen-bond acceptors (Lipinski definition) is 2. The minimum Gasteiger partial charge on any atom is -0.341 e. The molecule has 3 amide bonds. The van der Waals surface area contributed by atoms with E-state index < -0.39 is 0 Å². The first kappa shape index (κ1) is 19.3. The van der Waals surface area contributed by atoms with Gasteiger partial charge in [0.15, 0.2) is 0 Å². The van der Waals surface area contributed by atoms with E-state index in [0.717, 1.165) is 12.0 Å². The molecule has 0 aliphatic carbocycles. The smallest absolute Gasteiger partial charge is 0.317 e. The molecule has 1 saturated heterocycles. The maximum atomic E-state index is 12.8. The monoisotopic (exact) mass is 345 g/mol. The Kier molecular flexibility index (Phi) is 6.45. The molecule has 0 unspecified atom stereocenters. The average Bonchev–Trinajstić information content (AvgIpc) is 2.76. The standard InChI is InChI=1S/C20H31N3O2/c1-14(2)21-20(25)23-8-6-7-22(9-10-23)19(24)13-18-16(4)11-15(3)12-17(18)5/h11-12,14H,6-10,13H2,1-5H3,(H,21,25). The van der Waals surface area contributed by atoms with Crippen LogP contribution in [0.4, 0.5) is 4.79 Å². The van der Waals surface area contributed by atoms with Gasteiger partial charge < -0.3 is 15.1 Å². The van der Waals surface area contributed by atoms with E-state index in [1.165, 1.54) is 16.7 Å². The van der Waals surface area contributed by atoms with Crippen LogP contribution in [0.5, 0.6) is 0 Å². The van der Waals surface area contributed by atoms with Gasteiger partial charge in [-0.1, -0.05) is 17.7 Å². The molecule has 25 heavy (non-hydrogen) atoms. The van der Waals surface area contributed by atoms with E-state index >= 15 is 0 Å². The van der Waals surface area contributed by atoms with Gasteiger partial charge in [0.25, 0.3) is 0 Å². The van der Waals surface area contributed by atoms with Crippen LogP contribution in [-0.4, -0.2) is 54.0 Å². The van der Waals surface area contributed by atoms with Gasteiger partial charge in [0, 0.05) is 32.2 Å². The van der Waals surface area contributed by atoms with Gasteiger partial charge in [0.2, 0.25) is 5.91 Å². The summed E-state index contributed by atoms with van der Waals surface area (Å²) < 4.78 is 0. The normalized spacial score (nSPS) is 15.3. The third-order valence-corrected chi connectivity index (χ3v) is 4.72. The largest absolute Gasteiger partial charge is 0.341 e. The van der Waals surface area contributed by atoms with Crippen LogP contribution in [-0.2, 0) is 11.2 Å². The van der Waals surface area contributed by atoms with Crippen LogP contribution in [0.1, 0.15) is 42.5 Å². The lowest BCUT2D eigenvalue weighted by atomic mass is 9.97. The van der Waals surface area contributed by atoms with Crippen molar-refractivity contribution < 1.29 is 9.59 Å². The Morgan fingerprint density at radius 1 is 1.00 bits per heavy atom. The molecule has 138 valence electrons. The lowest BCUT2D eigenvalue weighted by Crippen LogP contribution is -2.45. The number of hydrogen-bond donors (Lipinski definition) is 1. The summed E-state index contributed by atoms with van der Waals surface area (Å²) in [5.74, 6) is 0.154. The highest BCUT2D eigenvalue weighted by atomic mass is 16.2. The number of nitrogens with zero attached hydrogens (tertiary/aromatic N) is 2. The lowest BCUT2D eigenvalue weighted by molar-refractivity contribution is -0.130. The number of nitrogens with one attached hydrogen (secondary N) is 1. The topological polar surface area (TPSA) is 52.7 Å². The maximum Gasteiger partial charge on any atom is 0.317 e. The molecule has 0 radical (unpaired) electrons. The van der Waals surface area contributed by atoms with Crippen LogP contribution in [0.15, 0.2) is 12.1 Å².